The molecule has 1 amide bonds. The van der Waals surface area contributed by atoms with Gasteiger partial charge in [-0.15, -0.1) is 0 Å². The number of aromatic nitrogens is 1. The smallest absolute Gasteiger partial charge is 0.276 e. The van der Waals surface area contributed by atoms with Crippen molar-refractivity contribution in [3.63, 3.8) is 0 Å². The normalized spacial score (nSPS) is 11.2. The number of amides is 1. The Bertz CT molecular complexity index is 907. The van der Waals surface area contributed by atoms with Gasteiger partial charge < -0.3 is 14.8 Å². The van der Waals surface area contributed by atoms with E-state index in [4.69, 9.17) is 23.2 Å². The first-order chi connectivity index (χ1) is 11.7. The van der Waals surface area contributed by atoms with Gasteiger partial charge in [0.2, 0.25) is 0 Å². The Labute approximate surface area is 153 Å². The number of carbonyl (C=O) groups is 1. The van der Waals surface area contributed by atoms with Gasteiger partial charge in [-0.2, -0.15) is 5.10 Å². The van der Waals surface area contributed by atoms with Crippen LogP contribution in [0.4, 0.5) is 0 Å². The van der Waals surface area contributed by atoms with Gasteiger partial charge in [0, 0.05) is 17.8 Å². The molecule has 2 aromatic rings. The molecule has 1 aromatic heterocycles. The maximum atomic E-state index is 12.2. The Kier molecular flexibility index (Phi) is 5.71. The summed E-state index contributed by atoms with van der Waals surface area (Å²) < 4.78 is 1.42. The first kappa shape index (κ1) is 18.8. The SMILES string of the molecule is CC(C)n1cccc(C(=O)N/N=C\c2cc(Cl)c(O)c(Cl)c2O)c1=O. The van der Waals surface area contributed by atoms with Crippen LogP contribution in [0.3, 0.4) is 0 Å². The minimum absolute atomic E-state index is 0.0701. The molecule has 2 rings (SSSR count). The van der Waals surface area contributed by atoms with E-state index < -0.39 is 23.0 Å². The Hall–Kier alpha value is -2.51. The fraction of sp³-hybridized carbons (Fsp3) is 0.188. The highest BCUT2D eigenvalue weighted by Crippen LogP contribution is 2.40. The van der Waals surface area contributed by atoms with Crippen LogP contribution < -0.4 is 11.0 Å². The Morgan fingerprint density at radius 2 is 2.00 bits per heavy atom. The molecule has 0 saturated carbocycles. The molecule has 1 aromatic carbocycles. The highest BCUT2D eigenvalue weighted by molar-refractivity contribution is 6.38. The number of nitrogens with one attached hydrogen (secondary N) is 1. The average molecular weight is 384 g/mol. The largest absolute Gasteiger partial charge is 0.506 e. The number of carbonyl (C=O) groups excluding carboxylic acids is 1. The summed E-state index contributed by atoms with van der Waals surface area (Å²) in [6, 6.07) is 4.10. The zero-order chi connectivity index (χ0) is 18.7. The van der Waals surface area contributed by atoms with E-state index in [1.54, 1.807) is 12.3 Å². The van der Waals surface area contributed by atoms with Crippen molar-refractivity contribution in [2.45, 2.75) is 19.9 Å². The fourth-order valence-electron chi connectivity index (χ4n) is 2.03. The van der Waals surface area contributed by atoms with Gasteiger partial charge in [-0.3, -0.25) is 9.59 Å². The molecule has 3 N–H and O–H groups in total. The molecular weight excluding hydrogens is 369 g/mol. The van der Waals surface area contributed by atoms with E-state index in [9.17, 15) is 19.8 Å². The molecule has 0 radical (unpaired) electrons. The predicted molar refractivity (Wildman–Crippen MR) is 95.9 cm³/mol. The van der Waals surface area contributed by atoms with Crippen LogP contribution in [-0.2, 0) is 0 Å². The molecule has 7 nitrogen and oxygen atoms in total. The summed E-state index contributed by atoms with van der Waals surface area (Å²) in [6.45, 7) is 3.64. The third kappa shape index (κ3) is 3.94. The number of halogens is 2. The van der Waals surface area contributed by atoms with Crippen molar-refractivity contribution in [3.05, 3.63) is 55.9 Å². The minimum Gasteiger partial charge on any atom is -0.506 e. The molecule has 0 saturated heterocycles. The van der Waals surface area contributed by atoms with E-state index >= 15 is 0 Å². The summed E-state index contributed by atoms with van der Waals surface area (Å²) in [6.07, 6.45) is 2.68. The monoisotopic (exact) mass is 383 g/mol. The topological polar surface area (TPSA) is 104 Å². The van der Waals surface area contributed by atoms with Crippen molar-refractivity contribution in [1.29, 1.82) is 0 Å². The second-order valence-electron chi connectivity index (χ2n) is 5.39. The number of nitrogens with zero attached hydrogens (tertiary/aromatic N) is 2. The Morgan fingerprint density at radius 1 is 1.32 bits per heavy atom. The lowest BCUT2D eigenvalue weighted by Crippen LogP contribution is -2.31. The molecule has 0 fully saturated rings. The lowest BCUT2D eigenvalue weighted by Gasteiger charge is -2.10. The third-order valence-electron chi connectivity index (χ3n) is 3.34. The van der Waals surface area contributed by atoms with Gasteiger partial charge in [0.15, 0.2) is 5.75 Å². The predicted octanol–water partition coefficient (Wildman–Crippen LogP) is 2.91. The maximum absolute atomic E-state index is 12.2. The van der Waals surface area contributed by atoms with Gasteiger partial charge >= 0.3 is 0 Å². The van der Waals surface area contributed by atoms with Crippen molar-refractivity contribution in [1.82, 2.24) is 9.99 Å². The second kappa shape index (κ2) is 7.58. The summed E-state index contributed by atoms with van der Waals surface area (Å²) >= 11 is 11.5. The van der Waals surface area contributed by atoms with Gasteiger partial charge in [0.25, 0.3) is 11.5 Å². The molecular formula is C16H15Cl2N3O4. The quantitative estimate of drug-likeness (QED) is 0.557. The summed E-state index contributed by atoms with van der Waals surface area (Å²) in [4.78, 5) is 24.3. The zero-order valence-corrected chi connectivity index (χ0v) is 14.8. The summed E-state index contributed by atoms with van der Waals surface area (Å²) in [7, 11) is 0. The molecule has 132 valence electrons. The van der Waals surface area contributed by atoms with Crippen LogP contribution in [-0.4, -0.2) is 26.9 Å². The summed E-state index contributed by atoms with van der Waals surface area (Å²) in [5, 5.41) is 22.6. The molecule has 0 spiro atoms. The van der Waals surface area contributed by atoms with Gasteiger partial charge in [-0.05, 0) is 32.0 Å². The van der Waals surface area contributed by atoms with Crippen LogP contribution in [0, 0.1) is 0 Å². The molecule has 25 heavy (non-hydrogen) atoms. The number of benzene rings is 1. The molecule has 9 heteroatoms. The lowest BCUT2D eigenvalue weighted by atomic mass is 10.2. The standard InChI is InChI=1S/C16H15Cl2N3O4/c1-8(2)21-5-3-4-10(16(21)25)15(24)20-19-7-9-6-11(17)14(23)12(18)13(9)22/h3-8,22-23H,1-2H3,(H,20,24)/b19-7-. The molecule has 0 atom stereocenters. The van der Waals surface area contributed by atoms with Gasteiger partial charge in [-0.25, -0.2) is 5.43 Å². The van der Waals surface area contributed by atoms with Gasteiger partial charge in [0.05, 0.1) is 11.2 Å². The second-order valence-corrected chi connectivity index (χ2v) is 6.17. The van der Waals surface area contributed by atoms with E-state index in [2.05, 4.69) is 10.5 Å². The first-order valence-electron chi connectivity index (χ1n) is 7.18. The molecule has 0 aliphatic heterocycles. The summed E-state index contributed by atoms with van der Waals surface area (Å²) in [5.74, 6) is -1.60. The fourth-order valence-corrected chi connectivity index (χ4v) is 2.50. The molecule has 0 bridgehead atoms. The number of phenols is 2. The number of hydrazone groups is 1. The number of pyridine rings is 1. The van der Waals surface area contributed by atoms with Crippen LogP contribution >= 0.6 is 23.2 Å². The van der Waals surface area contributed by atoms with E-state index in [-0.39, 0.29) is 27.2 Å². The summed E-state index contributed by atoms with van der Waals surface area (Å²) in [5.41, 5.74) is 1.77. The number of hydrogen-bond donors (Lipinski definition) is 3. The minimum atomic E-state index is -0.702. The van der Waals surface area contributed by atoms with Crippen molar-refractivity contribution >= 4 is 35.3 Å². The van der Waals surface area contributed by atoms with E-state index in [0.29, 0.717) is 0 Å². The highest BCUT2D eigenvalue weighted by atomic mass is 35.5. The number of aromatic hydroxyl groups is 2. The molecule has 0 aliphatic rings. The zero-order valence-electron chi connectivity index (χ0n) is 13.3. The van der Waals surface area contributed by atoms with Crippen LogP contribution in [0.2, 0.25) is 10.0 Å². The average Bonchev–Trinajstić information content (AvgIpc) is 2.57. The highest BCUT2D eigenvalue weighted by Gasteiger charge is 2.15. The van der Waals surface area contributed by atoms with Crippen molar-refractivity contribution < 1.29 is 15.0 Å². The molecule has 0 unspecified atom stereocenters. The third-order valence-corrected chi connectivity index (χ3v) is 3.99. The Balaban J connectivity index is 2.23. The van der Waals surface area contributed by atoms with Crippen molar-refractivity contribution in [2.24, 2.45) is 5.10 Å². The van der Waals surface area contributed by atoms with Crippen LogP contribution in [0.5, 0.6) is 11.5 Å². The van der Waals surface area contributed by atoms with Crippen LogP contribution in [0.15, 0.2) is 34.3 Å². The van der Waals surface area contributed by atoms with Gasteiger partial charge in [0.1, 0.15) is 16.3 Å². The maximum Gasteiger partial charge on any atom is 0.276 e. The molecule has 0 aliphatic carbocycles. The number of phenolic OH excluding ortho intramolecular Hbond substituents is 2. The van der Waals surface area contributed by atoms with Crippen LogP contribution in [0.25, 0.3) is 0 Å². The molecule has 1 heterocycles. The first-order valence-corrected chi connectivity index (χ1v) is 7.94. The van der Waals surface area contributed by atoms with Crippen molar-refractivity contribution in [3.8, 4) is 11.5 Å². The lowest BCUT2D eigenvalue weighted by molar-refractivity contribution is 0.0953. The van der Waals surface area contributed by atoms with E-state index in [1.807, 2.05) is 13.8 Å². The van der Waals surface area contributed by atoms with Crippen molar-refractivity contribution in [2.75, 3.05) is 0 Å². The van der Waals surface area contributed by atoms with E-state index in [1.165, 1.54) is 16.7 Å². The van der Waals surface area contributed by atoms with Gasteiger partial charge in [-0.1, -0.05) is 23.2 Å². The number of hydrogen-bond acceptors (Lipinski definition) is 5. The van der Waals surface area contributed by atoms with Crippen LogP contribution in [0.1, 0.15) is 35.8 Å². The number of rotatable bonds is 4. The Morgan fingerprint density at radius 3 is 2.64 bits per heavy atom. The van der Waals surface area contributed by atoms with E-state index in [0.717, 1.165) is 6.21 Å².